The molecule has 0 saturated carbocycles. The molecule has 0 fully saturated rings. The van der Waals surface area contributed by atoms with E-state index in [0.717, 1.165) is 11.3 Å². The molecule has 0 amide bonds. The largest absolute Gasteiger partial charge is 0.507 e. The molecule has 0 bridgehead atoms. The maximum Gasteiger partial charge on any atom is 0.174 e. The van der Waals surface area contributed by atoms with E-state index in [0.29, 0.717) is 18.0 Å². The van der Waals surface area contributed by atoms with Crippen LogP contribution in [0.2, 0.25) is 0 Å². The molecule has 0 spiro atoms. The summed E-state index contributed by atoms with van der Waals surface area (Å²) in [6.07, 6.45) is 0. The molecule has 5 nitrogen and oxygen atoms in total. The highest BCUT2D eigenvalue weighted by Crippen LogP contribution is 2.25. The standard InChI is InChI=1S/C16H16N2O3/c1-20-14-6-5-12(16(19)10-14)11-18-13-3-2-4-15(9-13)21-8-7-17/h2-6,9-10,18-19H,8,11H2,1H3. The van der Waals surface area contributed by atoms with Crippen LogP contribution >= 0.6 is 0 Å². The molecular weight excluding hydrogens is 268 g/mol. The lowest BCUT2D eigenvalue weighted by Gasteiger charge is -2.10. The first kappa shape index (κ1) is 14.5. The molecule has 108 valence electrons. The van der Waals surface area contributed by atoms with Crippen molar-refractivity contribution in [3.63, 3.8) is 0 Å². The zero-order chi connectivity index (χ0) is 15.1. The Labute approximate surface area is 123 Å². The zero-order valence-corrected chi connectivity index (χ0v) is 11.7. The van der Waals surface area contributed by atoms with E-state index in [4.69, 9.17) is 14.7 Å². The summed E-state index contributed by atoms with van der Waals surface area (Å²) >= 11 is 0. The second-order valence-corrected chi connectivity index (χ2v) is 4.32. The minimum absolute atomic E-state index is 0.0166. The molecule has 21 heavy (non-hydrogen) atoms. The number of nitriles is 1. The van der Waals surface area contributed by atoms with Crippen LogP contribution in [0.5, 0.6) is 17.2 Å². The van der Waals surface area contributed by atoms with Gasteiger partial charge in [0.05, 0.1) is 7.11 Å². The number of hydrogen-bond acceptors (Lipinski definition) is 5. The van der Waals surface area contributed by atoms with Gasteiger partial charge in [-0.05, 0) is 24.3 Å². The second kappa shape index (κ2) is 7.06. The Balaban J connectivity index is 2.01. The number of anilines is 1. The van der Waals surface area contributed by atoms with Crippen LogP contribution in [0.15, 0.2) is 42.5 Å². The summed E-state index contributed by atoms with van der Waals surface area (Å²) in [7, 11) is 1.55. The third kappa shape index (κ3) is 4.05. The third-order valence-electron chi connectivity index (χ3n) is 2.91. The number of phenols is 1. The summed E-state index contributed by atoms with van der Waals surface area (Å²) in [4.78, 5) is 0. The number of phenolic OH excluding ortho intramolecular Hbond substituents is 1. The first-order valence-electron chi connectivity index (χ1n) is 6.42. The number of aromatic hydroxyl groups is 1. The summed E-state index contributed by atoms with van der Waals surface area (Å²) in [6.45, 7) is 0.486. The molecule has 0 aliphatic rings. The molecule has 2 rings (SSSR count). The minimum atomic E-state index is 0.0166. The van der Waals surface area contributed by atoms with Gasteiger partial charge < -0.3 is 19.9 Å². The summed E-state index contributed by atoms with van der Waals surface area (Å²) in [5.74, 6) is 1.42. The molecule has 0 aliphatic carbocycles. The molecule has 0 aromatic heterocycles. The molecule has 2 N–H and O–H groups in total. The van der Waals surface area contributed by atoms with Crippen LogP contribution in [0.1, 0.15) is 5.56 Å². The lowest BCUT2D eigenvalue weighted by Crippen LogP contribution is -2.01. The number of ether oxygens (including phenoxy) is 2. The van der Waals surface area contributed by atoms with Gasteiger partial charge in [-0.15, -0.1) is 0 Å². The molecular formula is C16H16N2O3. The SMILES string of the molecule is COc1ccc(CNc2cccc(OCC#N)c2)c(O)c1. The first-order chi connectivity index (χ1) is 10.2. The average Bonchev–Trinajstić information content (AvgIpc) is 2.52. The van der Waals surface area contributed by atoms with Crippen LogP contribution in [0, 0.1) is 11.3 Å². The predicted molar refractivity (Wildman–Crippen MR) is 79.5 cm³/mol. The third-order valence-corrected chi connectivity index (χ3v) is 2.91. The van der Waals surface area contributed by atoms with Crippen molar-refractivity contribution in [3.8, 4) is 23.3 Å². The van der Waals surface area contributed by atoms with Crippen molar-refractivity contribution < 1.29 is 14.6 Å². The van der Waals surface area contributed by atoms with Gasteiger partial charge in [-0.1, -0.05) is 6.07 Å². The summed E-state index contributed by atoms with van der Waals surface area (Å²) < 4.78 is 10.3. The van der Waals surface area contributed by atoms with Crippen molar-refractivity contribution >= 4 is 5.69 Å². The Hall–Kier alpha value is -2.87. The summed E-state index contributed by atoms with van der Waals surface area (Å²) in [5, 5.41) is 21.6. The van der Waals surface area contributed by atoms with Crippen LogP contribution in [0.25, 0.3) is 0 Å². The molecule has 2 aromatic carbocycles. The molecule has 0 heterocycles. The molecule has 5 heteroatoms. The van der Waals surface area contributed by atoms with Gasteiger partial charge >= 0.3 is 0 Å². The van der Waals surface area contributed by atoms with Gasteiger partial charge in [0.15, 0.2) is 6.61 Å². The van der Waals surface area contributed by atoms with Crippen molar-refractivity contribution in [2.75, 3.05) is 19.0 Å². The fourth-order valence-corrected chi connectivity index (χ4v) is 1.83. The van der Waals surface area contributed by atoms with E-state index < -0.39 is 0 Å². The summed E-state index contributed by atoms with van der Waals surface area (Å²) in [5.41, 5.74) is 1.61. The lowest BCUT2D eigenvalue weighted by atomic mass is 10.2. The molecule has 0 radical (unpaired) electrons. The van der Waals surface area contributed by atoms with E-state index in [2.05, 4.69) is 5.32 Å². The Morgan fingerprint density at radius 3 is 2.76 bits per heavy atom. The van der Waals surface area contributed by atoms with Gasteiger partial charge in [0, 0.05) is 29.9 Å². The normalized spacial score (nSPS) is 9.71. The highest BCUT2D eigenvalue weighted by molar-refractivity contribution is 5.50. The topological polar surface area (TPSA) is 74.5 Å². The molecule has 2 aromatic rings. The number of rotatable bonds is 6. The van der Waals surface area contributed by atoms with E-state index in [1.807, 2.05) is 18.2 Å². The monoisotopic (exact) mass is 284 g/mol. The molecule has 0 saturated heterocycles. The van der Waals surface area contributed by atoms with Gasteiger partial charge in [0.25, 0.3) is 0 Å². The Kier molecular flexibility index (Phi) is 4.89. The smallest absolute Gasteiger partial charge is 0.174 e. The van der Waals surface area contributed by atoms with Crippen LogP contribution in [-0.4, -0.2) is 18.8 Å². The molecule has 0 unspecified atom stereocenters. The van der Waals surface area contributed by atoms with Crippen LogP contribution in [0.4, 0.5) is 5.69 Å². The second-order valence-electron chi connectivity index (χ2n) is 4.32. The van der Waals surface area contributed by atoms with Crippen molar-refractivity contribution in [3.05, 3.63) is 48.0 Å². The average molecular weight is 284 g/mol. The minimum Gasteiger partial charge on any atom is -0.507 e. The predicted octanol–water partition coefficient (Wildman–Crippen LogP) is 2.92. The lowest BCUT2D eigenvalue weighted by molar-refractivity contribution is 0.368. The van der Waals surface area contributed by atoms with Gasteiger partial charge in [-0.2, -0.15) is 5.26 Å². The zero-order valence-electron chi connectivity index (χ0n) is 11.7. The van der Waals surface area contributed by atoms with Crippen LogP contribution in [0.3, 0.4) is 0 Å². The summed E-state index contributed by atoms with van der Waals surface area (Å²) in [6, 6.07) is 14.4. The van der Waals surface area contributed by atoms with E-state index in [9.17, 15) is 5.11 Å². The van der Waals surface area contributed by atoms with E-state index in [1.165, 1.54) is 0 Å². The van der Waals surface area contributed by atoms with Crippen LogP contribution in [-0.2, 0) is 6.54 Å². The molecule has 0 atom stereocenters. The highest BCUT2D eigenvalue weighted by atomic mass is 16.5. The van der Waals surface area contributed by atoms with E-state index >= 15 is 0 Å². The number of benzene rings is 2. The number of nitrogens with one attached hydrogen (secondary N) is 1. The van der Waals surface area contributed by atoms with Crippen molar-refractivity contribution in [2.45, 2.75) is 6.54 Å². The highest BCUT2D eigenvalue weighted by Gasteiger charge is 2.03. The number of nitrogens with zero attached hydrogens (tertiary/aromatic N) is 1. The quantitative estimate of drug-likeness (QED) is 0.853. The van der Waals surface area contributed by atoms with E-state index in [1.54, 1.807) is 37.4 Å². The van der Waals surface area contributed by atoms with Gasteiger partial charge in [0.2, 0.25) is 0 Å². The fraction of sp³-hybridized carbons (Fsp3) is 0.188. The Morgan fingerprint density at radius 1 is 1.19 bits per heavy atom. The Bertz CT molecular complexity index is 650. The van der Waals surface area contributed by atoms with Crippen molar-refractivity contribution in [1.29, 1.82) is 5.26 Å². The van der Waals surface area contributed by atoms with Crippen LogP contribution < -0.4 is 14.8 Å². The number of methoxy groups -OCH3 is 1. The van der Waals surface area contributed by atoms with Crippen molar-refractivity contribution in [2.24, 2.45) is 0 Å². The Morgan fingerprint density at radius 2 is 2.05 bits per heavy atom. The van der Waals surface area contributed by atoms with E-state index in [-0.39, 0.29) is 12.4 Å². The maximum atomic E-state index is 9.89. The fourth-order valence-electron chi connectivity index (χ4n) is 1.83. The van der Waals surface area contributed by atoms with Gasteiger partial charge in [-0.3, -0.25) is 0 Å². The maximum absolute atomic E-state index is 9.89. The van der Waals surface area contributed by atoms with Crippen molar-refractivity contribution in [1.82, 2.24) is 0 Å². The number of hydrogen-bond donors (Lipinski definition) is 2. The van der Waals surface area contributed by atoms with Gasteiger partial charge in [0.1, 0.15) is 23.3 Å². The molecule has 0 aliphatic heterocycles. The first-order valence-corrected chi connectivity index (χ1v) is 6.42. The van der Waals surface area contributed by atoms with Gasteiger partial charge in [-0.25, -0.2) is 0 Å².